The van der Waals surface area contributed by atoms with Gasteiger partial charge >= 0.3 is 12.0 Å². The van der Waals surface area contributed by atoms with Crippen LogP contribution in [-0.2, 0) is 11.3 Å². The van der Waals surface area contributed by atoms with Crippen molar-refractivity contribution in [3.8, 4) is 0 Å². The Kier molecular flexibility index (Phi) is 5.04. The molecule has 0 bridgehead atoms. The highest BCUT2D eigenvalue weighted by Crippen LogP contribution is 2.01. The minimum atomic E-state index is -1.06. The van der Waals surface area contributed by atoms with Crippen molar-refractivity contribution in [1.29, 1.82) is 0 Å². The first kappa shape index (κ1) is 13.9. The van der Waals surface area contributed by atoms with E-state index in [1.807, 2.05) is 0 Å². The van der Waals surface area contributed by atoms with Crippen molar-refractivity contribution in [2.45, 2.75) is 26.4 Å². The molecule has 7 heteroatoms. The second-order valence-corrected chi connectivity index (χ2v) is 4.10. The van der Waals surface area contributed by atoms with Crippen molar-refractivity contribution < 1.29 is 14.7 Å². The zero-order valence-electron chi connectivity index (χ0n) is 10.3. The van der Waals surface area contributed by atoms with Gasteiger partial charge in [0, 0.05) is 6.20 Å². The van der Waals surface area contributed by atoms with E-state index in [0.29, 0.717) is 5.69 Å². The van der Waals surface area contributed by atoms with Gasteiger partial charge in [-0.15, -0.1) is 0 Å². The molecule has 0 fully saturated rings. The highest BCUT2D eigenvalue weighted by Gasteiger charge is 2.23. The van der Waals surface area contributed by atoms with Gasteiger partial charge in [-0.05, 0) is 18.1 Å². The summed E-state index contributed by atoms with van der Waals surface area (Å²) in [6.07, 6.45) is 1.53. The van der Waals surface area contributed by atoms with E-state index in [2.05, 4.69) is 20.8 Å². The molecule has 7 nitrogen and oxygen atoms in total. The number of carbonyl (C=O) groups is 2. The van der Waals surface area contributed by atoms with Crippen molar-refractivity contribution in [2.75, 3.05) is 0 Å². The lowest BCUT2D eigenvalue weighted by atomic mass is 10.1. The second-order valence-electron chi connectivity index (χ2n) is 4.10. The topological polar surface area (TPSA) is 104 Å². The van der Waals surface area contributed by atoms with Gasteiger partial charge in [0.25, 0.3) is 0 Å². The minimum absolute atomic E-state index is 0.190. The lowest BCUT2D eigenvalue weighted by Gasteiger charge is -2.18. The molecular weight excluding hydrogens is 236 g/mol. The van der Waals surface area contributed by atoms with E-state index >= 15 is 0 Å². The molecule has 1 atom stereocenters. The molecule has 0 aliphatic carbocycles. The van der Waals surface area contributed by atoms with Gasteiger partial charge in [-0.3, -0.25) is 0 Å². The van der Waals surface area contributed by atoms with Crippen molar-refractivity contribution >= 4 is 12.0 Å². The van der Waals surface area contributed by atoms with Crippen LogP contribution in [0.25, 0.3) is 0 Å². The minimum Gasteiger partial charge on any atom is -0.480 e. The number of urea groups is 1. The largest absolute Gasteiger partial charge is 0.480 e. The van der Waals surface area contributed by atoms with Crippen LogP contribution in [0.5, 0.6) is 0 Å². The zero-order valence-corrected chi connectivity index (χ0v) is 10.3. The number of hydrogen-bond donors (Lipinski definition) is 3. The summed E-state index contributed by atoms with van der Waals surface area (Å²) in [6.45, 7) is 3.65. The first-order valence-corrected chi connectivity index (χ1v) is 5.54. The van der Waals surface area contributed by atoms with Crippen LogP contribution in [0.1, 0.15) is 19.5 Å². The van der Waals surface area contributed by atoms with Crippen LogP contribution < -0.4 is 10.6 Å². The van der Waals surface area contributed by atoms with Crippen molar-refractivity contribution in [3.63, 3.8) is 0 Å². The number of rotatable bonds is 5. The van der Waals surface area contributed by atoms with E-state index in [-0.39, 0.29) is 12.5 Å². The summed E-state index contributed by atoms with van der Waals surface area (Å²) in [7, 11) is 0. The molecular formula is C11H16N4O3. The number of carbonyl (C=O) groups excluding carboxylic acids is 1. The van der Waals surface area contributed by atoms with Crippen molar-refractivity contribution in [2.24, 2.45) is 5.92 Å². The van der Waals surface area contributed by atoms with E-state index in [1.165, 1.54) is 6.20 Å². The SMILES string of the molecule is CC(C)[C@@H](NC(=O)NCc1cccnn1)C(=O)O. The Morgan fingerprint density at radius 2 is 2.17 bits per heavy atom. The molecule has 0 unspecified atom stereocenters. The predicted molar refractivity (Wildman–Crippen MR) is 63.7 cm³/mol. The highest BCUT2D eigenvalue weighted by molar-refractivity contribution is 5.82. The van der Waals surface area contributed by atoms with Crippen LogP contribution in [0, 0.1) is 5.92 Å². The third-order valence-electron chi connectivity index (χ3n) is 2.28. The zero-order chi connectivity index (χ0) is 13.5. The molecule has 0 saturated heterocycles. The molecule has 2 amide bonds. The van der Waals surface area contributed by atoms with Crippen molar-refractivity contribution in [1.82, 2.24) is 20.8 Å². The first-order chi connectivity index (χ1) is 8.50. The lowest BCUT2D eigenvalue weighted by Crippen LogP contribution is -2.48. The fourth-order valence-corrected chi connectivity index (χ4v) is 1.30. The Morgan fingerprint density at radius 1 is 1.44 bits per heavy atom. The van der Waals surface area contributed by atoms with E-state index in [0.717, 1.165) is 0 Å². The Hall–Kier alpha value is -2.18. The smallest absolute Gasteiger partial charge is 0.326 e. The molecule has 0 aliphatic rings. The normalized spacial score (nSPS) is 11.9. The van der Waals surface area contributed by atoms with E-state index < -0.39 is 18.0 Å². The number of carboxylic acids is 1. The quantitative estimate of drug-likeness (QED) is 0.703. The number of amides is 2. The fourth-order valence-electron chi connectivity index (χ4n) is 1.30. The van der Waals surface area contributed by atoms with Gasteiger partial charge in [-0.2, -0.15) is 10.2 Å². The maximum atomic E-state index is 11.5. The number of nitrogens with zero attached hydrogens (tertiary/aromatic N) is 2. The molecule has 3 N–H and O–H groups in total. The van der Waals surface area contributed by atoms with Gasteiger partial charge in [0.1, 0.15) is 6.04 Å². The van der Waals surface area contributed by atoms with E-state index in [9.17, 15) is 9.59 Å². The Labute approximate surface area is 105 Å². The molecule has 0 spiro atoms. The van der Waals surface area contributed by atoms with Gasteiger partial charge in [0.15, 0.2) is 0 Å². The number of nitrogens with one attached hydrogen (secondary N) is 2. The van der Waals surface area contributed by atoms with Crippen LogP contribution >= 0.6 is 0 Å². The van der Waals surface area contributed by atoms with Crippen LogP contribution in [0.3, 0.4) is 0 Å². The molecule has 1 rings (SSSR count). The monoisotopic (exact) mass is 252 g/mol. The molecule has 1 aromatic heterocycles. The van der Waals surface area contributed by atoms with E-state index in [4.69, 9.17) is 5.11 Å². The molecule has 1 heterocycles. The molecule has 0 saturated carbocycles. The number of carboxylic acid groups (broad SMARTS) is 1. The highest BCUT2D eigenvalue weighted by atomic mass is 16.4. The summed E-state index contributed by atoms with van der Waals surface area (Å²) in [4.78, 5) is 22.4. The second kappa shape index (κ2) is 6.53. The molecule has 0 aliphatic heterocycles. The summed E-state index contributed by atoms with van der Waals surface area (Å²) in [5.41, 5.74) is 0.601. The first-order valence-electron chi connectivity index (χ1n) is 5.54. The summed E-state index contributed by atoms with van der Waals surface area (Å²) in [6, 6.07) is 1.97. The Bertz CT molecular complexity index is 408. The standard InChI is InChI=1S/C11H16N4O3/c1-7(2)9(10(16)17)14-11(18)12-6-8-4-3-5-13-15-8/h3-5,7,9H,6H2,1-2H3,(H,16,17)(H2,12,14,18)/t9-/m1/s1. The van der Waals surface area contributed by atoms with Gasteiger partial charge < -0.3 is 15.7 Å². The van der Waals surface area contributed by atoms with Crippen LogP contribution in [0.4, 0.5) is 4.79 Å². The average Bonchev–Trinajstić information content (AvgIpc) is 2.34. The van der Waals surface area contributed by atoms with Crippen LogP contribution in [0.2, 0.25) is 0 Å². The fraction of sp³-hybridized carbons (Fsp3) is 0.455. The third kappa shape index (κ3) is 4.36. The molecule has 1 aromatic rings. The van der Waals surface area contributed by atoms with E-state index in [1.54, 1.807) is 26.0 Å². The summed E-state index contributed by atoms with van der Waals surface area (Å²) in [5.74, 6) is -1.25. The number of aromatic nitrogens is 2. The predicted octanol–water partition coefficient (Wildman–Crippen LogP) is 0.385. The summed E-state index contributed by atoms with van der Waals surface area (Å²) in [5, 5.41) is 21.3. The van der Waals surface area contributed by atoms with Crippen LogP contribution in [-0.4, -0.2) is 33.3 Å². The molecule has 18 heavy (non-hydrogen) atoms. The average molecular weight is 252 g/mol. The summed E-state index contributed by atoms with van der Waals surface area (Å²) >= 11 is 0. The maximum Gasteiger partial charge on any atom is 0.326 e. The third-order valence-corrected chi connectivity index (χ3v) is 2.28. The van der Waals surface area contributed by atoms with Crippen LogP contribution in [0.15, 0.2) is 18.3 Å². The number of hydrogen-bond acceptors (Lipinski definition) is 4. The molecule has 98 valence electrons. The summed E-state index contributed by atoms with van der Waals surface area (Å²) < 4.78 is 0. The molecule has 0 aromatic carbocycles. The lowest BCUT2D eigenvalue weighted by molar-refractivity contribution is -0.140. The van der Waals surface area contributed by atoms with Crippen molar-refractivity contribution in [3.05, 3.63) is 24.0 Å². The van der Waals surface area contributed by atoms with Gasteiger partial charge in [-0.25, -0.2) is 9.59 Å². The maximum absolute atomic E-state index is 11.5. The van der Waals surface area contributed by atoms with Gasteiger partial charge in [0.2, 0.25) is 0 Å². The van der Waals surface area contributed by atoms with Gasteiger partial charge in [0.05, 0.1) is 12.2 Å². The Balaban J connectivity index is 2.44. The number of aliphatic carboxylic acids is 1. The Morgan fingerprint density at radius 3 is 2.67 bits per heavy atom. The molecule has 0 radical (unpaired) electrons. The van der Waals surface area contributed by atoms with Gasteiger partial charge in [-0.1, -0.05) is 13.8 Å².